The molecule has 6 aromatic rings. The van der Waals surface area contributed by atoms with E-state index in [9.17, 15) is 18.0 Å². The lowest BCUT2D eigenvalue weighted by Gasteiger charge is -2.25. The summed E-state index contributed by atoms with van der Waals surface area (Å²) in [5.74, 6) is 5.68. The average molecular weight is 702 g/mol. The van der Waals surface area contributed by atoms with Gasteiger partial charge in [-0.15, -0.1) is 5.10 Å². The molecule has 1 saturated carbocycles. The van der Waals surface area contributed by atoms with Crippen molar-refractivity contribution in [2.75, 3.05) is 4.72 Å². The monoisotopic (exact) mass is 701 g/mol. The molecule has 0 saturated heterocycles. The quantitative estimate of drug-likeness (QED) is 0.203. The maximum absolute atomic E-state index is 14.9. The average Bonchev–Trinajstić information content (AvgIpc) is 3.76. The van der Waals surface area contributed by atoms with Gasteiger partial charge in [0.05, 0.1) is 28.9 Å². The second kappa shape index (κ2) is 12.8. The van der Waals surface area contributed by atoms with Crippen molar-refractivity contribution < 1.29 is 13.2 Å². The van der Waals surface area contributed by atoms with Gasteiger partial charge in [-0.2, -0.15) is 18.2 Å². The van der Waals surface area contributed by atoms with Gasteiger partial charge in [0.15, 0.2) is 11.5 Å². The van der Waals surface area contributed by atoms with Crippen LogP contribution in [0.25, 0.3) is 22.1 Å². The van der Waals surface area contributed by atoms with Crippen molar-refractivity contribution in [3.63, 3.8) is 0 Å². The number of hydrogen-bond donors (Lipinski definition) is 3. The molecule has 51 heavy (non-hydrogen) atoms. The van der Waals surface area contributed by atoms with Crippen LogP contribution in [0.3, 0.4) is 0 Å². The number of pyridine rings is 1. The molecule has 2 aliphatic carbocycles. The van der Waals surface area contributed by atoms with Crippen LogP contribution in [-0.4, -0.2) is 49.3 Å². The number of carbonyl (C=O) groups is 1. The number of nitrogens with one attached hydrogen (secondary N) is 3. The fourth-order valence-corrected chi connectivity index (χ4v) is 8.01. The minimum atomic E-state index is -4.01. The van der Waals surface area contributed by atoms with Crippen LogP contribution >= 0.6 is 0 Å². The van der Waals surface area contributed by atoms with Crippen molar-refractivity contribution in [3.8, 4) is 17.5 Å². The number of hydrogen-bond acceptors (Lipinski definition) is 7. The second-order valence-corrected chi connectivity index (χ2v) is 14.5. The molecule has 2 aliphatic rings. The summed E-state index contributed by atoms with van der Waals surface area (Å²) in [6, 6.07) is 14.1. The maximum atomic E-state index is 14.9. The smallest absolute Gasteiger partial charge is 0.300 e. The van der Waals surface area contributed by atoms with Gasteiger partial charge in [0, 0.05) is 42.9 Å². The van der Waals surface area contributed by atoms with Crippen LogP contribution in [0, 0.1) is 11.8 Å². The number of anilines is 1. The van der Waals surface area contributed by atoms with Gasteiger partial charge in [0.1, 0.15) is 5.56 Å². The molecule has 0 unspecified atom stereocenters. The van der Waals surface area contributed by atoms with E-state index in [1.807, 2.05) is 56.6 Å². The maximum Gasteiger partial charge on any atom is 0.300 e. The van der Waals surface area contributed by atoms with E-state index >= 15 is 0 Å². The molecule has 0 aliphatic heterocycles. The fourth-order valence-electron chi connectivity index (χ4n) is 6.88. The summed E-state index contributed by atoms with van der Waals surface area (Å²) in [6.07, 6.45) is 11.4. The summed E-state index contributed by atoms with van der Waals surface area (Å²) >= 11 is 0. The van der Waals surface area contributed by atoms with Crippen LogP contribution in [0.1, 0.15) is 77.0 Å². The van der Waals surface area contributed by atoms with E-state index in [1.165, 1.54) is 10.7 Å². The third-order valence-electron chi connectivity index (χ3n) is 9.25. The van der Waals surface area contributed by atoms with Gasteiger partial charge in [-0.3, -0.25) is 23.6 Å². The number of aryl methyl sites for hydroxylation is 3. The number of nitrogens with zero attached hydrogens (tertiary/aromatic N) is 6. The summed E-state index contributed by atoms with van der Waals surface area (Å²) in [6.45, 7) is 1.84. The number of amides is 1. The molecule has 14 heteroatoms. The summed E-state index contributed by atoms with van der Waals surface area (Å²) in [5, 5.41) is 13.1. The molecule has 8 rings (SSSR count). The first-order chi connectivity index (χ1) is 24.7. The Bertz CT molecular complexity index is 2580. The second-order valence-electron chi connectivity index (χ2n) is 13.0. The zero-order valence-corrected chi connectivity index (χ0v) is 28.9. The molecule has 258 valence electrons. The molecule has 13 nitrogen and oxygen atoms in total. The Labute approximate surface area is 293 Å². The number of benzene rings is 2. The molecule has 1 fully saturated rings. The molecule has 1 atom stereocenters. The molecular formula is C37H35N9O4S. The Hall–Kier alpha value is -5.78. The van der Waals surface area contributed by atoms with Gasteiger partial charge >= 0.3 is 10.2 Å². The van der Waals surface area contributed by atoms with Crippen LogP contribution in [0.15, 0.2) is 78.1 Å². The van der Waals surface area contributed by atoms with Crippen LogP contribution < -0.4 is 20.3 Å². The molecule has 0 bridgehead atoms. The van der Waals surface area contributed by atoms with Crippen LogP contribution in [0.4, 0.5) is 5.82 Å². The Morgan fingerprint density at radius 1 is 1.02 bits per heavy atom. The standard InChI is InChI=1S/C37H35N9O4S/c1-23(40-36(47)32-34(41-45-20-8-19-38-35(32)45)43-51(49,50)42-27-17-18-27)33-29-12-7-6-9-25-15-16-26(14-13-24-21-39-44(2)22-24)31(30(25)29)37(48)46(33)28-10-4-3-5-11-28/h3-5,8,10-11,15-16,19-23,27,42H,6-7,9,12,17-18H2,1-2H3,(H,40,47)(H,41,43)/t23-/m1/s1. The minimum absolute atomic E-state index is 0.0301. The highest BCUT2D eigenvalue weighted by Crippen LogP contribution is 2.35. The highest BCUT2D eigenvalue weighted by Gasteiger charge is 2.32. The summed E-state index contributed by atoms with van der Waals surface area (Å²) in [7, 11) is -2.18. The van der Waals surface area contributed by atoms with E-state index in [0.717, 1.165) is 54.2 Å². The number of rotatable bonds is 8. The molecule has 2 aromatic carbocycles. The molecule has 0 spiro atoms. The molecule has 4 heterocycles. The highest BCUT2D eigenvalue weighted by atomic mass is 32.2. The zero-order chi connectivity index (χ0) is 35.3. The van der Waals surface area contributed by atoms with Crippen molar-refractivity contribution in [2.24, 2.45) is 7.05 Å². The fraction of sp³-hybridized carbons (Fsp3) is 0.270. The van der Waals surface area contributed by atoms with Gasteiger partial charge < -0.3 is 5.32 Å². The minimum Gasteiger partial charge on any atom is -0.344 e. The van der Waals surface area contributed by atoms with Gasteiger partial charge in [-0.1, -0.05) is 36.1 Å². The number of aromatic nitrogens is 6. The largest absolute Gasteiger partial charge is 0.344 e. The predicted octanol–water partition coefficient (Wildman–Crippen LogP) is 3.95. The number of para-hydroxylation sites is 1. The van der Waals surface area contributed by atoms with Crippen molar-refractivity contribution in [2.45, 2.75) is 57.5 Å². The molecular weight excluding hydrogens is 667 g/mol. The SMILES string of the molecule is C[C@@H](NC(=O)c1c(NS(=O)(=O)NC2CC2)nn2cccnc12)c1c2c3c(ccc(C#Cc4cnn(C)c4)c3c(=O)n1-c1ccccc1)CCCC2. The van der Waals surface area contributed by atoms with Crippen molar-refractivity contribution in [3.05, 3.63) is 117 Å². The normalized spacial score (nSPS) is 14.9. The van der Waals surface area contributed by atoms with E-state index in [4.69, 9.17) is 0 Å². The lowest BCUT2D eigenvalue weighted by Crippen LogP contribution is -2.35. The number of carbonyl (C=O) groups excluding carboxylic acids is 1. The summed E-state index contributed by atoms with van der Waals surface area (Å²) in [5.41, 5.74) is 4.59. The zero-order valence-electron chi connectivity index (χ0n) is 28.1. The molecule has 0 radical (unpaired) electrons. The first-order valence-corrected chi connectivity index (χ1v) is 18.4. The van der Waals surface area contributed by atoms with E-state index in [-0.39, 0.29) is 28.6 Å². The van der Waals surface area contributed by atoms with Gasteiger partial charge in [0.2, 0.25) is 0 Å². The lowest BCUT2D eigenvalue weighted by molar-refractivity contribution is 0.0941. The predicted molar refractivity (Wildman–Crippen MR) is 193 cm³/mol. The van der Waals surface area contributed by atoms with Crippen LogP contribution in [0.2, 0.25) is 0 Å². The molecule has 3 N–H and O–H groups in total. The Morgan fingerprint density at radius 2 is 1.82 bits per heavy atom. The third-order valence-corrected chi connectivity index (χ3v) is 10.4. The first kappa shape index (κ1) is 32.4. The van der Waals surface area contributed by atoms with Crippen molar-refractivity contribution >= 4 is 38.4 Å². The molecule has 4 aromatic heterocycles. The van der Waals surface area contributed by atoms with Gasteiger partial charge in [0.25, 0.3) is 11.5 Å². The van der Waals surface area contributed by atoms with Crippen LogP contribution in [-0.2, 0) is 30.1 Å². The van der Waals surface area contributed by atoms with Crippen LogP contribution in [0.5, 0.6) is 0 Å². The Kier molecular flexibility index (Phi) is 8.16. The summed E-state index contributed by atoms with van der Waals surface area (Å²) in [4.78, 5) is 33.5. The van der Waals surface area contributed by atoms with E-state index in [0.29, 0.717) is 28.8 Å². The highest BCUT2D eigenvalue weighted by molar-refractivity contribution is 7.90. The third kappa shape index (κ3) is 6.26. The van der Waals surface area contributed by atoms with E-state index in [1.54, 1.807) is 27.7 Å². The molecule has 1 amide bonds. The van der Waals surface area contributed by atoms with E-state index in [2.05, 4.69) is 47.8 Å². The topological polar surface area (TPSA) is 157 Å². The Balaban J connectivity index is 1.28. The van der Waals surface area contributed by atoms with E-state index < -0.39 is 22.2 Å². The summed E-state index contributed by atoms with van der Waals surface area (Å²) < 4.78 is 35.6. The lowest BCUT2D eigenvalue weighted by atomic mass is 9.92. The van der Waals surface area contributed by atoms with Crippen molar-refractivity contribution in [1.29, 1.82) is 0 Å². The number of fused-ring (bicyclic) bond motifs is 1. The first-order valence-electron chi connectivity index (χ1n) is 16.9. The van der Waals surface area contributed by atoms with Gasteiger partial charge in [-0.25, -0.2) is 9.50 Å². The van der Waals surface area contributed by atoms with Gasteiger partial charge in [-0.05, 0) is 86.2 Å². The van der Waals surface area contributed by atoms with Crippen molar-refractivity contribution in [1.82, 2.24) is 39.0 Å². The Morgan fingerprint density at radius 3 is 2.59 bits per heavy atom.